The third kappa shape index (κ3) is 4.91. The fourth-order valence-corrected chi connectivity index (χ4v) is 2.82. The quantitative estimate of drug-likeness (QED) is 0.422. The zero-order chi connectivity index (χ0) is 20.8. The number of nitriles is 1. The summed E-state index contributed by atoms with van der Waals surface area (Å²) in [6, 6.07) is 28.4. The van der Waals surface area contributed by atoms with Crippen LogP contribution in [0.4, 0.5) is 23.1 Å². The predicted octanol–water partition coefficient (Wildman–Crippen LogP) is 5.94. The van der Waals surface area contributed by atoms with Gasteiger partial charge < -0.3 is 15.4 Å². The van der Waals surface area contributed by atoms with Gasteiger partial charge in [-0.15, -0.1) is 0 Å². The molecular formula is C24H19N5O. The molecular weight excluding hydrogens is 374 g/mol. The normalized spacial score (nSPS) is 10.1. The maximum atomic E-state index is 8.91. The third-order valence-corrected chi connectivity index (χ3v) is 4.23. The van der Waals surface area contributed by atoms with Gasteiger partial charge in [-0.2, -0.15) is 10.2 Å². The second-order valence-electron chi connectivity index (χ2n) is 6.60. The number of hydrogen-bond donors (Lipinski definition) is 2. The summed E-state index contributed by atoms with van der Waals surface area (Å²) in [5.74, 6) is 2.69. The van der Waals surface area contributed by atoms with Crippen molar-refractivity contribution >= 4 is 23.1 Å². The van der Waals surface area contributed by atoms with E-state index in [2.05, 4.69) is 26.7 Å². The van der Waals surface area contributed by atoms with Crippen molar-refractivity contribution in [3.05, 3.63) is 96.2 Å². The van der Waals surface area contributed by atoms with Crippen LogP contribution in [-0.2, 0) is 0 Å². The van der Waals surface area contributed by atoms with E-state index in [1.807, 2.05) is 79.7 Å². The number of nitrogens with zero attached hydrogens (tertiary/aromatic N) is 3. The largest absolute Gasteiger partial charge is 0.457 e. The number of rotatable bonds is 6. The fraction of sp³-hybridized carbons (Fsp3) is 0.0417. The number of aromatic nitrogens is 2. The molecule has 6 nitrogen and oxygen atoms in total. The standard InChI is InChI=1S/C24H19N5O/c1-17-15-23(27-19-9-7-18(16-25)8-10-19)29-24(26-17)28-20-11-13-22(14-12-20)30-21-5-3-2-4-6-21/h2-15H,1H3,(H2,26,27,28,29). The van der Waals surface area contributed by atoms with Crippen molar-refractivity contribution in [3.8, 4) is 17.6 Å². The molecule has 0 aliphatic rings. The molecule has 6 heteroatoms. The van der Waals surface area contributed by atoms with E-state index >= 15 is 0 Å². The Hall–Kier alpha value is -4.37. The van der Waals surface area contributed by atoms with E-state index in [1.54, 1.807) is 12.1 Å². The van der Waals surface area contributed by atoms with Crippen LogP contribution < -0.4 is 15.4 Å². The van der Waals surface area contributed by atoms with Crippen LogP contribution in [0.2, 0.25) is 0 Å². The summed E-state index contributed by atoms with van der Waals surface area (Å²) in [6.45, 7) is 1.91. The lowest BCUT2D eigenvalue weighted by molar-refractivity contribution is 0.483. The Labute approximate surface area is 174 Å². The van der Waals surface area contributed by atoms with Gasteiger partial charge in [0, 0.05) is 23.1 Å². The van der Waals surface area contributed by atoms with E-state index in [0.717, 1.165) is 28.6 Å². The minimum absolute atomic E-state index is 0.489. The summed E-state index contributed by atoms with van der Waals surface area (Å²) in [7, 11) is 0. The molecule has 0 amide bonds. The fourth-order valence-electron chi connectivity index (χ4n) is 2.82. The number of aryl methyl sites for hydroxylation is 1. The molecule has 1 aromatic heterocycles. The zero-order valence-corrected chi connectivity index (χ0v) is 16.3. The summed E-state index contributed by atoms with van der Waals surface area (Å²) < 4.78 is 5.82. The molecule has 0 fully saturated rings. The number of ether oxygens (including phenoxy) is 1. The molecule has 4 aromatic rings. The van der Waals surface area contributed by atoms with Gasteiger partial charge in [0.15, 0.2) is 0 Å². The third-order valence-electron chi connectivity index (χ3n) is 4.23. The highest BCUT2D eigenvalue weighted by Gasteiger charge is 2.05. The molecule has 146 valence electrons. The van der Waals surface area contributed by atoms with Crippen LogP contribution >= 0.6 is 0 Å². The first-order chi connectivity index (χ1) is 14.7. The van der Waals surface area contributed by atoms with Gasteiger partial charge in [0.2, 0.25) is 5.95 Å². The van der Waals surface area contributed by atoms with Crippen molar-refractivity contribution in [1.82, 2.24) is 9.97 Å². The Morgan fingerprint density at radius 3 is 2.10 bits per heavy atom. The molecule has 0 spiro atoms. The lowest BCUT2D eigenvalue weighted by Crippen LogP contribution is -2.02. The van der Waals surface area contributed by atoms with Gasteiger partial charge in [-0.25, -0.2) is 4.98 Å². The monoisotopic (exact) mass is 393 g/mol. The van der Waals surface area contributed by atoms with Crippen molar-refractivity contribution in [2.24, 2.45) is 0 Å². The second-order valence-corrected chi connectivity index (χ2v) is 6.60. The predicted molar refractivity (Wildman–Crippen MR) is 117 cm³/mol. The molecule has 0 saturated heterocycles. The van der Waals surface area contributed by atoms with E-state index in [1.165, 1.54) is 0 Å². The smallest absolute Gasteiger partial charge is 0.229 e. The van der Waals surface area contributed by atoms with Gasteiger partial charge in [0.05, 0.1) is 11.6 Å². The minimum Gasteiger partial charge on any atom is -0.457 e. The second kappa shape index (κ2) is 8.76. The first-order valence-corrected chi connectivity index (χ1v) is 9.41. The van der Waals surface area contributed by atoms with Crippen LogP contribution in [0.5, 0.6) is 11.5 Å². The van der Waals surface area contributed by atoms with Gasteiger partial charge >= 0.3 is 0 Å². The van der Waals surface area contributed by atoms with E-state index in [0.29, 0.717) is 17.3 Å². The first kappa shape index (κ1) is 19.0. The van der Waals surface area contributed by atoms with E-state index in [9.17, 15) is 0 Å². The highest BCUT2D eigenvalue weighted by Crippen LogP contribution is 2.24. The molecule has 0 saturated carbocycles. The number of nitrogens with one attached hydrogen (secondary N) is 2. The minimum atomic E-state index is 0.489. The molecule has 0 bridgehead atoms. The van der Waals surface area contributed by atoms with E-state index in [4.69, 9.17) is 10.00 Å². The topological polar surface area (TPSA) is 82.9 Å². The molecule has 0 atom stereocenters. The Kier molecular flexibility index (Phi) is 5.54. The molecule has 30 heavy (non-hydrogen) atoms. The zero-order valence-electron chi connectivity index (χ0n) is 16.3. The number of anilines is 4. The van der Waals surface area contributed by atoms with Crippen molar-refractivity contribution in [2.75, 3.05) is 10.6 Å². The van der Waals surface area contributed by atoms with E-state index in [-0.39, 0.29) is 0 Å². The SMILES string of the molecule is Cc1cc(Nc2ccc(C#N)cc2)nc(Nc2ccc(Oc3ccccc3)cc2)n1. The lowest BCUT2D eigenvalue weighted by Gasteiger charge is -2.11. The molecule has 0 aliphatic heterocycles. The molecule has 0 radical (unpaired) electrons. The van der Waals surface area contributed by atoms with Crippen molar-refractivity contribution in [1.29, 1.82) is 5.26 Å². The summed E-state index contributed by atoms with van der Waals surface area (Å²) in [6.07, 6.45) is 0. The number of hydrogen-bond acceptors (Lipinski definition) is 6. The molecule has 3 aromatic carbocycles. The van der Waals surface area contributed by atoms with E-state index < -0.39 is 0 Å². The van der Waals surface area contributed by atoms with Gasteiger partial charge in [0.1, 0.15) is 17.3 Å². The molecule has 4 rings (SSSR count). The van der Waals surface area contributed by atoms with Crippen LogP contribution in [0.15, 0.2) is 84.9 Å². The summed E-state index contributed by atoms with van der Waals surface area (Å²) in [4.78, 5) is 8.98. The Bertz CT molecular complexity index is 1170. The Morgan fingerprint density at radius 2 is 1.40 bits per heavy atom. The van der Waals surface area contributed by atoms with Crippen LogP contribution in [0.1, 0.15) is 11.3 Å². The van der Waals surface area contributed by atoms with Crippen molar-refractivity contribution in [2.45, 2.75) is 6.92 Å². The van der Waals surface area contributed by atoms with Gasteiger partial charge in [-0.1, -0.05) is 18.2 Å². The highest BCUT2D eigenvalue weighted by molar-refractivity contribution is 5.61. The Balaban J connectivity index is 1.45. The average Bonchev–Trinajstić information content (AvgIpc) is 2.76. The molecule has 2 N–H and O–H groups in total. The Morgan fingerprint density at radius 1 is 0.767 bits per heavy atom. The average molecular weight is 393 g/mol. The van der Waals surface area contributed by atoms with Crippen molar-refractivity contribution < 1.29 is 4.74 Å². The number of para-hydroxylation sites is 1. The maximum absolute atomic E-state index is 8.91. The van der Waals surface area contributed by atoms with Crippen LogP contribution in [0, 0.1) is 18.3 Å². The summed E-state index contributed by atoms with van der Waals surface area (Å²) in [5, 5.41) is 15.4. The number of benzene rings is 3. The van der Waals surface area contributed by atoms with Gasteiger partial charge in [-0.3, -0.25) is 0 Å². The van der Waals surface area contributed by atoms with Crippen molar-refractivity contribution in [3.63, 3.8) is 0 Å². The highest BCUT2D eigenvalue weighted by atomic mass is 16.5. The first-order valence-electron chi connectivity index (χ1n) is 9.41. The summed E-state index contributed by atoms with van der Waals surface area (Å²) in [5.41, 5.74) is 3.14. The molecule has 1 heterocycles. The van der Waals surface area contributed by atoms with Crippen LogP contribution in [-0.4, -0.2) is 9.97 Å². The van der Waals surface area contributed by atoms with Crippen LogP contribution in [0.25, 0.3) is 0 Å². The molecule has 0 aliphatic carbocycles. The maximum Gasteiger partial charge on any atom is 0.229 e. The van der Waals surface area contributed by atoms with Gasteiger partial charge in [-0.05, 0) is 67.6 Å². The summed E-state index contributed by atoms with van der Waals surface area (Å²) >= 11 is 0. The van der Waals surface area contributed by atoms with Gasteiger partial charge in [0.25, 0.3) is 0 Å². The molecule has 0 unspecified atom stereocenters. The lowest BCUT2D eigenvalue weighted by atomic mass is 10.2. The van der Waals surface area contributed by atoms with Crippen LogP contribution in [0.3, 0.4) is 0 Å².